The van der Waals surface area contributed by atoms with Gasteiger partial charge in [-0.1, -0.05) is 54.6 Å². The van der Waals surface area contributed by atoms with Crippen LogP contribution in [0.25, 0.3) is 22.4 Å². The molecule has 3 nitrogen and oxygen atoms in total. The number of thiazole rings is 1. The molecule has 114 valence electrons. The lowest BCUT2D eigenvalue weighted by atomic mass is 10.0. The van der Waals surface area contributed by atoms with E-state index in [1.165, 1.54) is 22.5 Å². The second kappa shape index (κ2) is 5.97. The summed E-state index contributed by atoms with van der Waals surface area (Å²) in [5, 5.41) is 2.84. The summed E-state index contributed by atoms with van der Waals surface area (Å²) in [6, 6.07) is 18.7. The lowest BCUT2D eigenvalue weighted by Gasteiger charge is -2.10. The van der Waals surface area contributed by atoms with Crippen LogP contribution in [0.4, 0.5) is 5.13 Å². The number of rotatable bonds is 3. The minimum Gasteiger partial charge on any atom is -0.288 e. The van der Waals surface area contributed by atoms with E-state index in [0.29, 0.717) is 6.42 Å². The van der Waals surface area contributed by atoms with Crippen LogP contribution in [0.2, 0.25) is 0 Å². The number of hydrogen-bond acceptors (Lipinski definition) is 3. The smallest absolute Gasteiger partial charge is 0.228 e. The van der Waals surface area contributed by atoms with Crippen molar-refractivity contribution in [3.63, 3.8) is 0 Å². The third-order valence-corrected chi connectivity index (χ3v) is 4.95. The molecule has 23 heavy (non-hydrogen) atoms. The lowest BCUT2D eigenvalue weighted by molar-refractivity contribution is -0.117. The Balaban J connectivity index is 1.59. The Hall–Kier alpha value is -2.46. The van der Waals surface area contributed by atoms with Crippen LogP contribution in [0.15, 0.2) is 60.0 Å². The second-order valence-electron chi connectivity index (χ2n) is 5.61. The molecule has 1 amide bonds. The molecule has 0 N–H and O–H groups in total. The molecule has 3 aromatic rings. The van der Waals surface area contributed by atoms with Crippen molar-refractivity contribution in [1.29, 1.82) is 0 Å². The Labute approximate surface area is 139 Å². The number of nitrogens with zero attached hydrogens (tertiary/aromatic N) is 2. The van der Waals surface area contributed by atoms with Crippen molar-refractivity contribution in [2.45, 2.75) is 12.8 Å². The number of anilines is 1. The molecule has 4 rings (SSSR count). The van der Waals surface area contributed by atoms with Gasteiger partial charge >= 0.3 is 0 Å². The summed E-state index contributed by atoms with van der Waals surface area (Å²) in [5.74, 6) is 0.185. The first-order chi connectivity index (χ1) is 11.3. The van der Waals surface area contributed by atoms with Gasteiger partial charge in [-0.2, -0.15) is 0 Å². The van der Waals surface area contributed by atoms with Crippen LogP contribution < -0.4 is 4.90 Å². The monoisotopic (exact) mass is 320 g/mol. The van der Waals surface area contributed by atoms with Crippen LogP contribution in [0.3, 0.4) is 0 Å². The van der Waals surface area contributed by atoms with Crippen molar-refractivity contribution in [1.82, 2.24) is 4.98 Å². The molecule has 0 radical (unpaired) electrons. The van der Waals surface area contributed by atoms with E-state index in [2.05, 4.69) is 41.4 Å². The summed E-state index contributed by atoms with van der Waals surface area (Å²) >= 11 is 1.54. The van der Waals surface area contributed by atoms with Gasteiger partial charge < -0.3 is 0 Å². The van der Waals surface area contributed by atoms with Crippen LogP contribution in [0, 0.1) is 0 Å². The Morgan fingerprint density at radius 2 is 1.61 bits per heavy atom. The molecule has 0 bridgehead atoms. The number of hydrogen-bond donors (Lipinski definition) is 0. The van der Waals surface area contributed by atoms with Crippen molar-refractivity contribution >= 4 is 22.4 Å². The maximum absolute atomic E-state index is 11.8. The van der Waals surface area contributed by atoms with E-state index in [-0.39, 0.29) is 5.91 Å². The zero-order valence-corrected chi connectivity index (χ0v) is 13.4. The van der Waals surface area contributed by atoms with Crippen molar-refractivity contribution in [3.05, 3.63) is 60.0 Å². The fourth-order valence-electron chi connectivity index (χ4n) is 2.84. The molecule has 1 aliphatic heterocycles. The quantitative estimate of drug-likeness (QED) is 0.706. The summed E-state index contributed by atoms with van der Waals surface area (Å²) in [6.45, 7) is 0.790. The van der Waals surface area contributed by atoms with E-state index < -0.39 is 0 Å². The first-order valence-electron chi connectivity index (χ1n) is 7.73. The molecule has 0 unspecified atom stereocenters. The molecular formula is C19H16N2OS. The zero-order valence-electron chi connectivity index (χ0n) is 12.6. The van der Waals surface area contributed by atoms with Crippen molar-refractivity contribution in [3.8, 4) is 22.4 Å². The predicted octanol–water partition coefficient (Wildman–Crippen LogP) is 4.60. The summed E-state index contributed by atoms with van der Waals surface area (Å²) in [7, 11) is 0. The molecule has 0 aliphatic carbocycles. The van der Waals surface area contributed by atoms with Crippen molar-refractivity contribution in [2.75, 3.05) is 11.4 Å². The van der Waals surface area contributed by atoms with E-state index in [0.717, 1.165) is 29.4 Å². The highest BCUT2D eigenvalue weighted by Gasteiger charge is 2.24. The SMILES string of the molecule is O=C1CCCN1c1nc(-c2ccc(-c3ccccc3)cc2)cs1. The number of amides is 1. The van der Waals surface area contributed by atoms with E-state index in [9.17, 15) is 4.79 Å². The Bertz CT molecular complexity index is 824. The molecule has 0 atom stereocenters. The van der Waals surface area contributed by atoms with Gasteiger partial charge in [0.1, 0.15) is 0 Å². The highest BCUT2D eigenvalue weighted by atomic mass is 32.1. The maximum Gasteiger partial charge on any atom is 0.228 e. The summed E-state index contributed by atoms with van der Waals surface area (Å²) in [4.78, 5) is 18.3. The van der Waals surface area contributed by atoms with Gasteiger partial charge in [-0.3, -0.25) is 9.69 Å². The summed E-state index contributed by atoms with van der Waals surface area (Å²) < 4.78 is 0. The fourth-order valence-corrected chi connectivity index (χ4v) is 3.71. The fraction of sp³-hybridized carbons (Fsp3) is 0.158. The molecule has 4 heteroatoms. The highest BCUT2D eigenvalue weighted by molar-refractivity contribution is 7.14. The average Bonchev–Trinajstić information content (AvgIpc) is 3.24. The van der Waals surface area contributed by atoms with Crippen LogP contribution in [0.5, 0.6) is 0 Å². The van der Waals surface area contributed by atoms with Gasteiger partial charge in [-0.25, -0.2) is 4.98 Å². The first kappa shape index (κ1) is 14.2. The van der Waals surface area contributed by atoms with Gasteiger partial charge in [-0.15, -0.1) is 11.3 Å². The third kappa shape index (κ3) is 2.78. The molecular weight excluding hydrogens is 304 g/mol. The van der Waals surface area contributed by atoms with Crippen molar-refractivity contribution < 1.29 is 4.79 Å². The molecule has 1 aliphatic rings. The predicted molar refractivity (Wildman–Crippen MR) is 94.6 cm³/mol. The zero-order chi connectivity index (χ0) is 15.6. The number of carbonyl (C=O) groups excluding carboxylic acids is 1. The molecule has 2 heterocycles. The van der Waals surface area contributed by atoms with Crippen LogP contribution in [0.1, 0.15) is 12.8 Å². The second-order valence-corrected chi connectivity index (χ2v) is 6.44. The van der Waals surface area contributed by atoms with Gasteiger partial charge in [0.05, 0.1) is 5.69 Å². The van der Waals surface area contributed by atoms with Gasteiger partial charge in [0.15, 0.2) is 5.13 Å². The third-order valence-electron chi connectivity index (χ3n) is 4.08. The summed E-state index contributed by atoms with van der Waals surface area (Å²) in [6.07, 6.45) is 1.57. The Morgan fingerprint density at radius 3 is 2.30 bits per heavy atom. The van der Waals surface area contributed by atoms with Crippen LogP contribution >= 0.6 is 11.3 Å². The molecule has 2 aromatic carbocycles. The van der Waals surface area contributed by atoms with E-state index >= 15 is 0 Å². The topological polar surface area (TPSA) is 33.2 Å². The van der Waals surface area contributed by atoms with E-state index in [4.69, 9.17) is 0 Å². The highest BCUT2D eigenvalue weighted by Crippen LogP contribution is 2.31. The molecule has 0 saturated carbocycles. The molecule has 1 fully saturated rings. The lowest BCUT2D eigenvalue weighted by Crippen LogP contribution is -2.23. The van der Waals surface area contributed by atoms with Gasteiger partial charge in [0.2, 0.25) is 5.91 Å². The van der Waals surface area contributed by atoms with E-state index in [1.54, 1.807) is 4.90 Å². The maximum atomic E-state index is 11.8. The van der Waals surface area contributed by atoms with Crippen LogP contribution in [-0.4, -0.2) is 17.4 Å². The Morgan fingerprint density at radius 1 is 0.913 bits per heavy atom. The number of carbonyl (C=O) groups is 1. The standard InChI is InChI=1S/C19H16N2OS/c22-18-7-4-12-21(18)19-20-17(13-23-19)16-10-8-15(9-11-16)14-5-2-1-3-6-14/h1-3,5-6,8-11,13H,4,7,12H2. The van der Waals surface area contributed by atoms with Gasteiger partial charge in [-0.05, 0) is 17.5 Å². The largest absolute Gasteiger partial charge is 0.288 e. The minimum absolute atomic E-state index is 0.185. The van der Waals surface area contributed by atoms with Gasteiger partial charge in [0, 0.05) is 23.9 Å². The van der Waals surface area contributed by atoms with Crippen LogP contribution in [-0.2, 0) is 4.79 Å². The van der Waals surface area contributed by atoms with Crippen molar-refractivity contribution in [2.24, 2.45) is 0 Å². The first-order valence-corrected chi connectivity index (χ1v) is 8.61. The molecule has 0 spiro atoms. The minimum atomic E-state index is 0.185. The normalized spacial score (nSPS) is 14.4. The number of benzene rings is 2. The van der Waals surface area contributed by atoms with E-state index in [1.807, 2.05) is 23.6 Å². The summed E-state index contributed by atoms with van der Waals surface area (Å²) in [5.41, 5.74) is 4.42. The Kier molecular flexibility index (Phi) is 3.67. The molecule has 1 saturated heterocycles. The average molecular weight is 320 g/mol. The van der Waals surface area contributed by atoms with Gasteiger partial charge in [0.25, 0.3) is 0 Å². The number of aromatic nitrogens is 1. The molecule has 1 aromatic heterocycles.